The Morgan fingerprint density at radius 3 is 2.48 bits per heavy atom. The second-order valence-electron chi connectivity index (χ2n) is 6.22. The maximum absolute atomic E-state index is 12.6. The highest BCUT2D eigenvalue weighted by Crippen LogP contribution is 2.20. The molecule has 1 fully saturated rings. The van der Waals surface area contributed by atoms with Crippen LogP contribution < -0.4 is 5.32 Å². The molecule has 1 unspecified atom stereocenters. The van der Waals surface area contributed by atoms with E-state index in [0.717, 1.165) is 6.42 Å². The van der Waals surface area contributed by atoms with Gasteiger partial charge in [-0.25, -0.2) is 0 Å². The number of piperazine rings is 1. The number of para-hydroxylation sites is 1. The summed E-state index contributed by atoms with van der Waals surface area (Å²) in [6, 6.07) is 6.13. The molecule has 1 heterocycles. The number of hydrogen-bond donors (Lipinski definition) is 1. The number of nitro groups is 1. The molecule has 0 radical (unpaired) electrons. The summed E-state index contributed by atoms with van der Waals surface area (Å²) in [4.78, 5) is 38.6. The van der Waals surface area contributed by atoms with Gasteiger partial charge in [0.2, 0.25) is 5.91 Å². The quantitative estimate of drug-likeness (QED) is 0.617. The van der Waals surface area contributed by atoms with E-state index in [1.54, 1.807) is 17.0 Å². The van der Waals surface area contributed by atoms with Crippen molar-refractivity contribution >= 4 is 17.5 Å². The smallest absolute Gasteiger partial charge is 0.282 e. The molecule has 0 spiro atoms. The molecule has 1 N–H and O–H groups in total. The molecule has 1 aromatic carbocycles. The fourth-order valence-corrected chi connectivity index (χ4v) is 2.72. The molecule has 8 heteroatoms. The van der Waals surface area contributed by atoms with Gasteiger partial charge in [-0.05, 0) is 19.4 Å². The van der Waals surface area contributed by atoms with Gasteiger partial charge < -0.3 is 10.2 Å². The summed E-state index contributed by atoms with van der Waals surface area (Å²) in [5.74, 6) is -0.358. The van der Waals surface area contributed by atoms with E-state index >= 15 is 0 Å². The van der Waals surface area contributed by atoms with E-state index in [4.69, 9.17) is 0 Å². The fraction of sp³-hybridized carbons (Fsp3) is 0.529. The molecule has 1 aliphatic heterocycles. The van der Waals surface area contributed by atoms with Crippen LogP contribution in [-0.4, -0.2) is 65.3 Å². The van der Waals surface area contributed by atoms with Crippen LogP contribution in [0.1, 0.15) is 30.6 Å². The van der Waals surface area contributed by atoms with Crippen molar-refractivity contribution < 1.29 is 14.5 Å². The molecule has 1 atom stereocenters. The maximum Gasteiger partial charge on any atom is 0.282 e. The Balaban J connectivity index is 1.91. The molecule has 0 aromatic heterocycles. The molecular formula is C17H24N4O4. The number of carbonyl (C=O) groups is 2. The predicted molar refractivity (Wildman–Crippen MR) is 93.3 cm³/mol. The molecule has 8 nitrogen and oxygen atoms in total. The molecule has 1 aliphatic rings. The Labute approximate surface area is 146 Å². The first-order valence-corrected chi connectivity index (χ1v) is 8.46. The van der Waals surface area contributed by atoms with Gasteiger partial charge in [0.1, 0.15) is 5.56 Å². The Morgan fingerprint density at radius 1 is 1.24 bits per heavy atom. The zero-order chi connectivity index (χ0) is 18.4. The summed E-state index contributed by atoms with van der Waals surface area (Å²) in [6.07, 6.45) is 0.879. The van der Waals surface area contributed by atoms with Gasteiger partial charge in [0, 0.05) is 38.3 Å². The fourth-order valence-electron chi connectivity index (χ4n) is 2.72. The predicted octanol–water partition coefficient (Wildman–Crippen LogP) is 1.27. The largest absolute Gasteiger partial charge is 0.353 e. The summed E-state index contributed by atoms with van der Waals surface area (Å²) in [5, 5.41) is 14.0. The summed E-state index contributed by atoms with van der Waals surface area (Å²) < 4.78 is 0. The molecule has 1 saturated heterocycles. The van der Waals surface area contributed by atoms with E-state index in [2.05, 4.69) is 5.32 Å². The number of nitrogens with one attached hydrogen (secondary N) is 1. The monoisotopic (exact) mass is 348 g/mol. The first kappa shape index (κ1) is 18.9. The molecule has 25 heavy (non-hydrogen) atoms. The maximum atomic E-state index is 12.6. The number of benzene rings is 1. The highest BCUT2D eigenvalue weighted by molar-refractivity contribution is 5.98. The van der Waals surface area contributed by atoms with Gasteiger partial charge in [0.05, 0.1) is 11.5 Å². The van der Waals surface area contributed by atoms with Gasteiger partial charge in [-0.2, -0.15) is 0 Å². The molecule has 0 bridgehead atoms. The first-order chi connectivity index (χ1) is 11.9. The van der Waals surface area contributed by atoms with Gasteiger partial charge in [-0.15, -0.1) is 0 Å². The van der Waals surface area contributed by atoms with Crippen LogP contribution in [0.3, 0.4) is 0 Å². The Morgan fingerprint density at radius 2 is 1.88 bits per heavy atom. The van der Waals surface area contributed by atoms with Crippen molar-refractivity contribution in [2.24, 2.45) is 0 Å². The highest BCUT2D eigenvalue weighted by atomic mass is 16.6. The summed E-state index contributed by atoms with van der Waals surface area (Å²) in [5.41, 5.74) is -0.0710. The van der Waals surface area contributed by atoms with E-state index in [1.807, 2.05) is 18.7 Å². The molecular weight excluding hydrogens is 324 g/mol. The lowest BCUT2D eigenvalue weighted by atomic mass is 10.1. The minimum absolute atomic E-state index is 0.0205. The second-order valence-corrected chi connectivity index (χ2v) is 6.22. The average molecular weight is 348 g/mol. The number of nitro benzene ring substituents is 1. The van der Waals surface area contributed by atoms with Crippen molar-refractivity contribution in [3.8, 4) is 0 Å². The van der Waals surface area contributed by atoms with Crippen molar-refractivity contribution in [1.29, 1.82) is 0 Å². The van der Waals surface area contributed by atoms with Crippen LogP contribution in [0.25, 0.3) is 0 Å². The van der Waals surface area contributed by atoms with Crippen LogP contribution in [0.5, 0.6) is 0 Å². The molecule has 136 valence electrons. The third-order valence-electron chi connectivity index (χ3n) is 4.38. The van der Waals surface area contributed by atoms with E-state index < -0.39 is 4.92 Å². The number of hydrogen-bond acceptors (Lipinski definition) is 5. The molecule has 2 rings (SSSR count). The number of carbonyl (C=O) groups excluding carboxylic acids is 2. The summed E-state index contributed by atoms with van der Waals surface area (Å²) in [6.45, 7) is 6.31. The molecule has 0 saturated carbocycles. The third kappa shape index (κ3) is 4.99. The zero-order valence-corrected chi connectivity index (χ0v) is 14.6. The average Bonchev–Trinajstić information content (AvgIpc) is 2.61. The van der Waals surface area contributed by atoms with Crippen LogP contribution in [0.15, 0.2) is 24.3 Å². The topological polar surface area (TPSA) is 95.8 Å². The summed E-state index contributed by atoms with van der Waals surface area (Å²) >= 11 is 0. The lowest BCUT2D eigenvalue weighted by Gasteiger charge is -2.34. The SMILES string of the molecule is CCC(C)NC(=O)CN1CCN(C(=O)c2ccccc2[N+](=O)[O-])CC1. The second kappa shape index (κ2) is 8.57. The van der Waals surface area contributed by atoms with Crippen molar-refractivity contribution in [1.82, 2.24) is 15.1 Å². The van der Waals surface area contributed by atoms with Gasteiger partial charge >= 0.3 is 0 Å². The van der Waals surface area contributed by atoms with E-state index in [9.17, 15) is 19.7 Å². The standard InChI is InChI=1S/C17H24N4O4/c1-3-13(2)18-16(22)12-19-8-10-20(11-9-19)17(23)14-6-4-5-7-15(14)21(24)25/h4-7,13H,3,8-12H2,1-2H3,(H,18,22). The highest BCUT2D eigenvalue weighted by Gasteiger charge is 2.27. The van der Waals surface area contributed by atoms with Crippen LogP contribution in [0, 0.1) is 10.1 Å². The van der Waals surface area contributed by atoms with Crippen LogP contribution in [0.2, 0.25) is 0 Å². The van der Waals surface area contributed by atoms with Gasteiger partial charge in [0.25, 0.3) is 11.6 Å². The Hall–Kier alpha value is -2.48. The number of rotatable bonds is 6. The van der Waals surface area contributed by atoms with Crippen molar-refractivity contribution in [2.75, 3.05) is 32.7 Å². The van der Waals surface area contributed by atoms with E-state index in [1.165, 1.54) is 12.1 Å². The minimum Gasteiger partial charge on any atom is -0.353 e. The summed E-state index contributed by atoms with van der Waals surface area (Å²) in [7, 11) is 0. The molecule has 1 aromatic rings. The van der Waals surface area contributed by atoms with Crippen LogP contribution in [0.4, 0.5) is 5.69 Å². The number of nitrogens with zero attached hydrogens (tertiary/aromatic N) is 3. The van der Waals surface area contributed by atoms with Gasteiger partial charge in [-0.1, -0.05) is 19.1 Å². The first-order valence-electron chi connectivity index (χ1n) is 8.46. The Kier molecular flexibility index (Phi) is 6.46. The van der Waals surface area contributed by atoms with Gasteiger partial charge in [-0.3, -0.25) is 24.6 Å². The van der Waals surface area contributed by atoms with E-state index in [0.29, 0.717) is 32.7 Å². The molecule has 2 amide bonds. The van der Waals surface area contributed by atoms with E-state index in [-0.39, 0.29) is 29.1 Å². The lowest BCUT2D eigenvalue weighted by Crippen LogP contribution is -2.51. The zero-order valence-electron chi connectivity index (χ0n) is 14.6. The van der Waals surface area contributed by atoms with Crippen LogP contribution >= 0.6 is 0 Å². The normalized spacial score (nSPS) is 16.3. The molecule has 0 aliphatic carbocycles. The van der Waals surface area contributed by atoms with Gasteiger partial charge in [0.15, 0.2) is 0 Å². The van der Waals surface area contributed by atoms with Crippen molar-refractivity contribution in [3.05, 3.63) is 39.9 Å². The van der Waals surface area contributed by atoms with Crippen molar-refractivity contribution in [3.63, 3.8) is 0 Å². The Bertz CT molecular complexity index is 641. The van der Waals surface area contributed by atoms with Crippen molar-refractivity contribution in [2.45, 2.75) is 26.3 Å². The minimum atomic E-state index is -0.539. The lowest BCUT2D eigenvalue weighted by molar-refractivity contribution is -0.385. The number of amides is 2. The third-order valence-corrected chi connectivity index (χ3v) is 4.38. The van der Waals surface area contributed by atoms with Crippen LogP contribution in [-0.2, 0) is 4.79 Å².